The molecule has 1 amide bonds. The first-order valence-corrected chi connectivity index (χ1v) is 9.87. The van der Waals surface area contributed by atoms with Crippen LogP contribution in [0.2, 0.25) is 0 Å². The zero-order valence-corrected chi connectivity index (χ0v) is 16.8. The van der Waals surface area contributed by atoms with Crippen LogP contribution >= 0.6 is 0 Å². The Hall–Kier alpha value is -3.68. The van der Waals surface area contributed by atoms with Crippen molar-refractivity contribution in [2.75, 3.05) is 6.54 Å². The minimum Gasteiger partial charge on any atom is -0.390 e. The quantitative estimate of drug-likeness (QED) is 0.500. The highest BCUT2D eigenvalue weighted by Crippen LogP contribution is 2.22. The third kappa shape index (κ3) is 4.80. The fourth-order valence-electron chi connectivity index (χ4n) is 3.49. The monoisotopic (exact) mass is 442 g/mol. The number of halogens is 4. The highest BCUT2D eigenvalue weighted by atomic mass is 19.1. The summed E-state index contributed by atoms with van der Waals surface area (Å²) in [5, 5.41) is 3.98. The lowest BCUT2D eigenvalue weighted by Crippen LogP contribution is -2.38. The number of amides is 1. The predicted molar refractivity (Wildman–Crippen MR) is 110 cm³/mol. The van der Waals surface area contributed by atoms with Crippen LogP contribution in [0.4, 0.5) is 17.6 Å². The second kappa shape index (κ2) is 9.21. The van der Waals surface area contributed by atoms with Crippen molar-refractivity contribution in [1.29, 1.82) is 0 Å². The molecule has 4 nitrogen and oxygen atoms in total. The summed E-state index contributed by atoms with van der Waals surface area (Å²) in [4.78, 5) is 19.7. The van der Waals surface area contributed by atoms with Crippen LogP contribution in [-0.2, 0) is 11.4 Å². The maximum Gasteiger partial charge on any atom is 0.257 e. The maximum absolute atomic E-state index is 14.2. The SMILES string of the molecule is O=C(c1ccccc1F)N(Cc1ccc(F)cc1F)CC1CC(c2cccc(F)c2)=NO1. The Balaban J connectivity index is 1.55. The standard InChI is InChI=1S/C24H18F4N2O2/c25-17-5-3-4-15(10-17)23-12-19(32-29-23)14-30(13-16-8-9-18(26)11-22(16)28)24(31)20-6-1-2-7-21(20)27/h1-11,19H,12-14H2. The van der Waals surface area contributed by atoms with Crippen LogP contribution in [0.25, 0.3) is 0 Å². The minimum absolute atomic E-state index is 0.0354. The van der Waals surface area contributed by atoms with Crippen LogP contribution < -0.4 is 0 Å². The van der Waals surface area contributed by atoms with E-state index in [1.54, 1.807) is 12.1 Å². The topological polar surface area (TPSA) is 41.9 Å². The zero-order valence-electron chi connectivity index (χ0n) is 16.8. The van der Waals surface area contributed by atoms with E-state index in [1.165, 1.54) is 41.3 Å². The summed E-state index contributed by atoms with van der Waals surface area (Å²) in [5.74, 6) is -3.37. The third-order valence-electron chi connectivity index (χ3n) is 5.08. The normalized spacial score (nSPS) is 15.2. The fourth-order valence-corrected chi connectivity index (χ4v) is 3.49. The van der Waals surface area contributed by atoms with Gasteiger partial charge in [-0.15, -0.1) is 0 Å². The van der Waals surface area contributed by atoms with Crippen molar-refractivity contribution >= 4 is 11.6 Å². The molecule has 0 saturated carbocycles. The molecule has 1 atom stereocenters. The smallest absolute Gasteiger partial charge is 0.257 e. The Bertz CT molecular complexity index is 1180. The highest BCUT2D eigenvalue weighted by Gasteiger charge is 2.29. The summed E-state index contributed by atoms with van der Waals surface area (Å²) in [6, 6.07) is 14.4. The molecule has 0 aromatic heterocycles. The summed E-state index contributed by atoms with van der Waals surface area (Å²) >= 11 is 0. The minimum atomic E-state index is -0.819. The Kier molecular flexibility index (Phi) is 6.20. The van der Waals surface area contributed by atoms with Gasteiger partial charge in [-0.25, -0.2) is 17.6 Å². The van der Waals surface area contributed by atoms with E-state index >= 15 is 0 Å². The molecule has 0 spiro atoms. The molecule has 3 aromatic rings. The van der Waals surface area contributed by atoms with E-state index in [4.69, 9.17) is 4.84 Å². The van der Waals surface area contributed by atoms with Crippen LogP contribution in [0.3, 0.4) is 0 Å². The van der Waals surface area contributed by atoms with Crippen molar-refractivity contribution in [2.24, 2.45) is 5.16 Å². The number of rotatable bonds is 6. The molecule has 32 heavy (non-hydrogen) atoms. The Morgan fingerprint density at radius 1 is 0.938 bits per heavy atom. The predicted octanol–water partition coefficient (Wildman–Crippen LogP) is 5.08. The molecule has 1 aliphatic heterocycles. The Labute approximate surface area is 181 Å². The molecular formula is C24H18F4N2O2. The second-order valence-corrected chi connectivity index (χ2v) is 7.38. The molecule has 4 rings (SSSR count). The van der Waals surface area contributed by atoms with Crippen LogP contribution in [0, 0.1) is 23.3 Å². The van der Waals surface area contributed by atoms with Gasteiger partial charge in [0, 0.05) is 30.2 Å². The lowest BCUT2D eigenvalue weighted by atomic mass is 10.0. The zero-order chi connectivity index (χ0) is 22.7. The Morgan fingerprint density at radius 2 is 1.72 bits per heavy atom. The molecule has 0 saturated heterocycles. The number of carbonyl (C=O) groups is 1. The molecule has 1 aliphatic rings. The summed E-state index contributed by atoms with van der Waals surface area (Å²) in [7, 11) is 0. The number of hydrogen-bond acceptors (Lipinski definition) is 3. The highest BCUT2D eigenvalue weighted by molar-refractivity contribution is 6.01. The van der Waals surface area contributed by atoms with Crippen molar-refractivity contribution in [1.82, 2.24) is 4.90 Å². The number of nitrogens with zero attached hydrogens (tertiary/aromatic N) is 2. The molecular weight excluding hydrogens is 424 g/mol. The lowest BCUT2D eigenvalue weighted by molar-refractivity contribution is 0.0400. The van der Waals surface area contributed by atoms with Gasteiger partial charge in [0.15, 0.2) is 6.10 Å². The second-order valence-electron chi connectivity index (χ2n) is 7.38. The van der Waals surface area contributed by atoms with E-state index in [-0.39, 0.29) is 30.6 Å². The molecule has 0 bridgehead atoms. The number of benzene rings is 3. The van der Waals surface area contributed by atoms with Crippen molar-refractivity contribution in [2.45, 2.75) is 19.1 Å². The van der Waals surface area contributed by atoms with E-state index < -0.39 is 35.3 Å². The maximum atomic E-state index is 14.2. The average molecular weight is 442 g/mol. The summed E-state index contributed by atoms with van der Waals surface area (Å²) in [5.41, 5.74) is 0.935. The van der Waals surface area contributed by atoms with E-state index in [1.807, 2.05) is 0 Å². The number of carbonyl (C=O) groups excluding carboxylic acids is 1. The number of hydrogen-bond donors (Lipinski definition) is 0. The molecule has 3 aromatic carbocycles. The Morgan fingerprint density at radius 3 is 2.47 bits per heavy atom. The molecule has 8 heteroatoms. The molecule has 0 radical (unpaired) electrons. The molecule has 0 fully saturated rings. The third-order valence-corrected chi connectivity index (χ3v) is 5.08. The summed E-state index contributed by atoms with van der Waals surface area (Å²) < 4.78 is 55.3. The van der Waals surface area contributed by atoms with E-state index in [0.29, 0.717) is 11.3 Å². The van der Waals surface area contributed by atoms with Gasteiger partial charge >= 0.3 is 0 Å². The van der Waals surface area contributed by atoms with Gasteiger partial charge in [-0.05, 0) is 30.3 Å². The van der Waals surface area contributed by atoms with Crippen molar-refractivity contribution in [3.8, 4) is 0 Å². The summed E-state index contributed by atoms with van der Waals surface area (Å²) in [6.07, 6.45) is -0.330. The lowest BCUT2D eigenvalue weighted by Gasteiger charge is -2.25. The van der Waals surface area contributed by atoms with Crippen LogP contribution in [0.15, 0.2) is 71.9 Å². The summed E-state index contributed by atoms with van der Waals surface area (Å²) in [6.45, 7) is -0.263. The van der Waals surface area contributed by atoms with Gasteiger partial charge < -0.3 is 9.74 Å². The van der Waals surface area contributed by atoms with Gasteiger partial charge in [0.1, 0.15) is 23.3 Å². The molecule has 1 unspecified atom stereocenters. The van der Waals surface area contributed by atoms with E-state index in [0.717, 1.165) is 18.2 Å². The average Bonchev–Trinajstić information content (AvgIpc) is 3.23. The van der Waals surface area contributed by atoms with Crippen LogP contribution in [-0.4, -0.2) is 29.2 Å². The molecule has 164 valence electrons. The van der Waals surface area contributed by atoms with Gasteiger partial charge in [0.2, 0.25) is 0 Å². The molecule has 0 aliphatic carbocycles. The number of oxime groups is 1. The van der Waals surface area contributed by atoms with Gasteiger partial charge in [0.25, 0.3) is 5.91 Å². The first-order valence-electron chi connectivity index (χ1n) is 9.87. The fraction of sp³-hybridized carbons (Fsp3) is 0.167. The van der Waals surface area contributed by atoms with Crippen molar-refractivity contribution < 1.29 is 27.2 Å². The van der Waals surface area contributed by atoms with Crippen molar-refractivity contribution in [3.63, 3.8) is 0 Å². The van der Waals surface area contributed by atoms with E-state index in [9.17, 15) is 22.4 Å². The first kappa shape index (κ1) is 21.5. The van der Waals surface area contributed by atoms with Gasteiger partial charge in [-0.2, -0.15) is 0 Å². The van der Waals surface area contributed by atoms with Gasteiger partial charge in [-0.1, -0.05) is 35.5 Å². The van der Waals surface area contributed by atoms with Crippen molar-refractivity contribution in [3.05, 3.63) is 107 Å². The molecule has 1 heterocycles. The van der Waals surface area contributed by atoms with Crippen LogP contribution in [0.1, 0.15) is 27.9 Å². The van der Waals surface area contributed by atoms with Gasteiger partial charge in [0.05, 0.1) is 17.8 Å². The molecule has 0 N–H and O–H groups in total. The first-order chi connectivity index (χ1) is 15.4. The van der Waals surface area contributed by atoms with Crippen LogP contribution in [0.5, 0.6) is 0 Å². The largest absolute Gasteiger partial charge is 0.390 e. The van der Waals surface area contributed by atoms with E-state index in [2.05, 4.69) is 5.16 Å². The van der Waals surface area contributed by atoms with Gasteiger partial charge in [-0.3, -0.25) is 4.79 Å².